The van der Waals surface area contributed by atoms with Crippen LogP contribution < -0.4 is 21.4 Å². The molecule has 2 heterocycles. The Hall–Kier alpha value is -3.37. The summed E-state index contributed by atoms with van der Waals surface area (Å²) in [4.78, 5) is 38.0. The number of carbonyl (C=O) groups excluding carboxylic acids is 1. The standard InChI is InChI=1S/C24H30F2N4O5/c1-11(28-23(34)35-24(2,3)4)12-7-8-29(9-12)20-16(25)18(27)15-19(17(20)26)30(13-5-6-13)10-14(21(15)31)22(32)33/h10-13H,5-9,27H2,1-4H3,(H,28,34)(H,32,33)/t11-,12-/m0/s1. The monoisotopic (exact) mass is 492 g/mol. The van der Waals surface area contributed by atoms with Gasteiger partial charge in [-0.3, -0.25) is 4.79 Å². The minimum Gasteiger partial charge on any atom is -0.477 e. The van der Waals surface area contributed by atoms with Crippen molar-refractivity contribution in [1.29, 1.82) is 0 Å². The number of nitrogens with two attached hydrogens (primary N) is 1. The molecule has 1 aliphatic carbocycles. The first kappa shape index (κ1) is 24.7. The Morgan fingerprint density at radius 2 is 1.89 bits per heavy atom. The molecular formula is C24H30F2N4O5. The summed E-state index contributed by atoms with van der Waals surface area (Å²) in [5.41, 5.74) is 2.64. The number of pyridine rings is 1. The highest BCUT2D eigenvalue weighted by atomic mass is 19.1. The van der Waals surface area contributed by atoms with Crippen LogP contribution >= 0.6 is 0 Å². The first-order valence-corrected chi connectivity index (χ1v) is 11.6. The summed E-state index contributed by atoms with van der Waals surface area (Å²) in [6, 6.07) is -0.505. The first-order chi connectivity index (χ1) is 16.3. The van der Waals surface area contributed by atoms with Crippen LogP contribution in [-0.4, -0.2) is 46.5 Å². The van der Waals surface area contributed by atoms with Gasteiger partial charge in [0.1, 0.15) is 16.9 Å². The molecule has 35 heavy (non-hydrogen) atoms. The first-order valence-electron chi connectivity index (χ1n) is 11.6. The normalized spacial score (nSPS) is 19.1. The molecule has 4 rings (SSSR count). The van der Waals surface area contributed by atoms with Crippen molar-refractivity contribution in [3.8, 4) is 0 Å². The van der Waals surface area contributed by atoms with Crippen LogP contribution in [0.3, 0.4) is 0 Å². The topological polar surface area (TPSA) is 127 Å². The molecule has 2 aromatic rings. The molecule has 1 aliphatic heterocycles. The van der Waals surface area contributed by atoms with E-state index in [-0.39, 0.29) is 35.8 Å². The average Bonchev–Trinajstić information content (AvgIpc) is 3.47. The zero-order chi connectivity index (χ0) is 25.8. The van der Waals surface area contributed by atoms with Crippen LogP contribution in [0.2, 0.25) is 0 Å². The summed E-state index contributed by atoms with van der Waals surface area (Å²) in [7, 11) is 0. The van der Waals surface area contributed by atoms with Crippen molar-refractivity contribution in [2.24, 2.45) is 5.92 Å². The molecule has 9 nitrogen and oxygen atoms in total. The number of ether oxygens (including phenoxy) is 1. The van der Waals surface area contributed by atoms with E-state index in [0.29, 0.717) is 25.8 Å². The number of anilines is 2. The Morgan fingerprint density at radius 3 is 2.46 bits per heavy atom. The SMILES string of the molecule is C[C@H](NC(=O)OC(C)(C)C)[C@H]1CCN(c2c(F)c(N)c3c(=O)c(C(=O)O)cn(C4CC4)c3c2F)C1. The lowest BCUT2D eigenvalue weighted by Crippen LogP contribution is -2.42. The second-order valence-corrected chi connectivity index (χ2v) is 10.4. The van der Waals surface area contributed by atoms with Crippen LogP contribution in [0, 0.1) is 17.6 Å². The van der Waals surface area contributed by atoms with Gasteiger partial charge in [0.2, 0.25) is 5.43 Å². The molecule has 0 radical (unpaired) electrons. The molecular weight excluding hydrogens is 462 g/mol. The van der Waals surface area contributed by atoms with E-state index < -0.39 is 51.4 Å². The Bertz CT molecular complexity index is 1270. The van der Waals surface area contributed by atoms with E-state index in [9.17, 15) is 19.5 Å². The Kier molecular flexibility index (Phi) is 6.14. The van der Waals surface area contributed by atoms with E-state index in [2.05, 4.69) is 5.32 Å². The number of nitrogens with zero attached hydrogens (tertiary/aromatic N) is 2. The summed E-state index contributed by atoms with van der Waals surface area (Å²) < 4.78 is 38.0. The van der Waals surface area contributed by atoms with Gasteiger partial charge in [-0.15, -0.1) is 0 Å². The molecule has 1 saturated carbocycles. The quantitative estimate of drug-likeness (QED) is 0.544. The highest BCUT2D eigenvalue weighted by Gasteiger charge is 2.36. The van der Waals surface area contributed by atoms with Crippen molar-refractivity contribution in [2.75, 3.05) is 23.7 Å². The summed E-state index contributed by atoms with van der Waals surface area (Å²) in [5.74, 6) is -3.63. The third kappa shape index (κ3) is 4.63. The van der Waals surface area contributed by atoms with E-state index in [4.69, 9.17) is 10.5 Å². The number of amides is 1. The molecule has 2 fully saturated rings. The molecule has 1 saturated heterocycles. The third-order valence-electron chi connectivity index (χ3n) is 6.53. The maximum absolute atomic E-state index is 15.9. The fraction of sp³-hybridized carbons (Fsp3) is 0.542. The molecule has 1 amide bonds. The van der Waals surface area contributed by atoms with Gasteiger partial charge in [-0.2, -0.15) is 0 Å². The van der Waals surface area contributed by atoms with Crippen molar-refractivity contribution in [2.45, 2.75) is 64.6 Å². The van der Waals surface area contributed by atoms with Crippen molar-refractivity contribution in [3.05, 3.63) is 33.6 Å². The Morgan fingerprint density at radius 1 is 1.23 bits per heavy atom. The van der Waals surface area contributed by atoms with E-state index in [1.807, 2.05) is 0 Å². The van der Waals surface area contributed by atoms with Crippen molar-refractivity contribution < 1.29 is 28.2 Å². The second-order valence-electron chi connectivity index (χ2n) is 10.4. The minimum atomic E-state index is -1.48. The molecule has 190 valence electrons. The summed E-state index contributed by atoms with van der Waals surface area (Å²) in [6.07, 6.45) is 2.47. The molecule has 1 aromatic heterocycles. The van der Waals surface area contributed by atoms with Gasteiger partial charge in [-0.05, 0) is 52.9 Å². The summed E-state index contributed by atoms with van der Waals surface area (Å²) >= 11 is 0. The average molecular weight is 493 g/mol. The maximum atomic E-state index is 15.9. The van der Waals surface area contributed by atoms with E-state index in [0.717, 1.165) is 6.20 Å². The number of benzene rings is 1. The molecule has 11 heteroatoms. The van der Waals surface area contributed by atoms with Gasteiger partial charge >= 0.3 is 12.1 Å². The second kappa shape index (κ2) is 8.69. The predicted molar refractivity (Wildman–Crippen MR) is 127 cm³/mol. The van der Waals surface area contributed by atoms with Gasteiger partial charge < -0.3 is 30.4 Å². The number of hydrogen-bond acceptors (Lipinski definition) is 6. The largest absolute Gasteiger partial charge is 0.477 e. The number of fused-ring (bicyclic) bond motifs is 1. The van der Waals surface area contributed by atoms with Gasteiger partial charge in [-0.1, -0.05) is 0 Å². The number of hydrogen-bond donors (Lipinski definition) is 3. The number of carboxylic acids is 1. The zero-order valence-corrected chi connectivity index (χ0v) is 20.2. The highest BCUT2D eigenvalue weighted by Crippen LogP contribution is 2.42. The summed E-state index contributed by atoms with van der Waals surface area (Å²) in [6.45, 7) is 7.62. The Labute approximate surface area is 200 Å². The number of nitrogen functional groups attached to an aromatic ring is 1. The minimum absolute atomic E-state index is 0.113. The zero-order valence-electron chi connectivity index (χ0n) is 20.2. The van der Waals surface area contributed by atoms with Crippen LogP contribution in [0.15, 0.2) is 11.0 Å². The van der Waals surface area contributed by atoms with Crippen LogP contribution in [-0.2, 0) is 4.74 Å². The van der Waals surface area contributed by atoms with Gasteiger partial charge in [0.25, 0.3) is 0 Å². The molecule has 0 unspecified atom stereocenters. The highest BCUT2D eigenvalue weighted by molar-refractivity contribution is 5.99. The lowest BCUT2D eigenvalue weighted by atomic mass is 10.0. The molecule has 4 N–H and O–H groups in total. The number of halogens is 2. The van der Waals surface area contributed by atoms with Crippen molar-refractivity contribution in [3.63, 3.8) is 0 Å². The third-order valence-corrected chi connectivity index (χ3v) is 6.53. The number of rotatable bonds is 5. The van der Waals surface area contributed by atoms with Gasteiger partial charge in [0.15, 0.2) is 11.6 Å². The maximum Gasteiger partial charge on any atom is 0.407 e. The van der Waals surface area contributed by atoms with Crippen molar-refractivity contribution in [1.82, 2.24) is 9.88 Å². The lowest BCUT2D eigenvalue weighted by molar-refractivity contribution is 0.0494. The fourth-order valence-corrected chi connectivity index (χ4v) is 4.63. The lowest BCUT2D eigenvalue weighted by Gasteiger charge is -2.26. The molecule has 2 aliphatic rings. The van der Waals surface area contributed by atoms with Crippen LogP contribution in [0.4, 0.5) is 25.0 Å². The molecule has 0 spiro atoms. The van der Waals surface area contributed by atoms with E-state index in [1.165, 1.54) is 9.47 Å². The van der Waals surface area contributed by atoms with E-state index in [1.54, 1.807) is 27.7 Å². The van der Waals surface area contributed by atoms with Gasteiger partial charge in [0.05, 0.1) is 16.6 Å². The van der Waals surface area contributed by atoms with Gasteiger partial charge in [0, 0.05) is 31.4 Å². The van der Waals surface area contributed by atoms with Crippen LogP contribution in [0.5, 0.6) is 0 Å². The number of aromatic nitrogens is 1. The summed E-state index contributed by atoms with van der Waals surface area (Å²) in [5, 5.41) is 11.7. The predicted octanol–water partition coefficient (Wildman–Crippen LogP) is 3.63. The molecule has 1 aromatic carbocycles. The molecule has 0 bridgehead atoms. The van der Waals surface area contributed by atoms with Crippen molar-refractivity contribution >= 4 is 34.3 Å². The van der Waals surface area contributed by atoms with E-state index >= 15 is 8.78 Å². The smallest absolute Gasteiger partial charge is 0.407 e. The number of nitrogens with one attached hydrogen (secondary N) is 1. The van der Waals surface area contributed by atoms with Crippen LogP contribution in [0.25, 0.3) is 10.9 Å². The number of aromatic carboxylic acids is 1. The van der Waals surface area contributed by atoms with Crippen LogP contribution in [0.1, 0.15) is 63.4 Å². The number of alkyl carbamates (subject to hydrolysis) is 1. The van der Waals surface area contributed by atoms with Gasteiger partial charge in [-0.25, -0.2) is 18.4 Å². The number of carbonyl (C=O) groups is 2. The fourth-order valence-electron chi connectivity index (χ4n) is 4.63. The molecule has 2 atom stereocenters. The number of carboxylic acid groups (broad SMARTS) is 1. The Balaban J connectivity index is 1.70.